The van der Waals surface area contributed by atoms with E-state index in [-0.39, 0.29) is 6.10 Å². The van der Waals surface area contributed by atoms with E-state index < -0.39 is 0 Å². The first-order valence-electron chi connectivity index (χ1n) is 17.0. The molecule has 1 atom stereocenters. The molecule has 7 aromatic rings. The first-order valence-corrected chi connectivity index (χ1v) is 17.0. The summed E-state index contributed by atoms with van der Waals surface area (Å²) in [6, 6.07) is 52.8. The van der Waals surface area contributed by atoms with Crippen LogP contribution in [0.4, 0.5) is 0 Å². The van der Waals surface area contributed by atoms with Crippen LogP contribution in [0.25, 0.3) is 67.6 Å². The van der Waals surface area contributed by atoms with Crippen LogP contribution in [-0.4, -0.2) is 21.1 Å². The summed E-state index contributed by atoms with van der Waals surface area (Å²) in [5, 5.41) is 0. The van der Waals surface area contributed by atoms with E-state index in [4.69, 9.17) is 19.7 Å². The van der Waals surface area contributed by atoms with Gasteiger partial charge in [-0.25, -0.2) is 15.0 Å². The SMILES string of the molecule is Cc1cc(-c2ccc3c(c2)C2=C(c4ccc(-c5ccccc5)cc4)C=CCC2O3)cc(-c2nc(-c3ccccc3)nc(-c3ccccc3)n2)c1. The van der Waals surface area contributed by atoms with Gasteiger partial charge in [-0.3, -0.25) is 0 Å². The molecule has 1 aliphatic heterocycles. The van der Waals surface area contributed by atoms with Crippen LogP contribution >= 0.6 is 0 Å². The summed E-state index contributed by atoms with van der Waals surface area (Å²) < 4.78 is 6.54. The zero-order valence-electron chi connectivity index (χ0n) is 27.6. The molecule has 238 valence electrons. The van der Waals surface area contributed by atoms with Crippen molar-refractivity contribution in [2.24, 2.45) is 0 Å². The summed E-state index contributed by atoms with van der Waals surface area (Å²) in [6.45, 7) is 2.13. The molecule has 0 saturated carbocycles. The van der Waals surface area contributed by atoms with Crippen molar-refractivity contribution in [2.75, 3.05) is 0 Å². The number of rotatable bonds is 6. The highest BCUT2D eigenvalue weighted by Crippen LogP contribution is 2.47. The van der Waals surface area contributed by atoms with Gasteiger partial charge >= 0.3 is 0 Å². The Bertz CT molecular complexity index is 2360. The summed E-state index contributed by atoms with van der Waals surface area (Å²) in [7, 11) is 0. The summed E-state index contributed by atoms with van der Waals surface area (Å²) in [4.78, 5) is 14.9. The number of fused-ring (bicyclic) bond motifs is 3. The van der Waals surface area contributed by atoms with E-state index in [0.29, 0.717) is 17.5 Å². The smallest absolute Gasteiger partial charge is 0.164 e. The van der Waals surface area contributed by atoms with Crippen molar-refractivity contribution in [1.29, 1.82) is 0 Å². The molecular formula is C46H33N3O. The van der Waals surface area contributed by atoms with E-state index in [9.17, 15) is 0 Å². The van der Waals surface area contributed by atoms with Crippen LogP contribution in [0.15, 0.2) is 164 Å². The second-order valence-corrected chi connectivity index (χ2v) is 12.9. The third kappa shape index (κ3) is 5.61. The summed E-state index contributed by atoms with van der Waals surface area (Å²) in [5.74, 6) is 2.88. The van der Waals surface area contributed by atoms with Gasteiger partial charge in [-0.2, -0.15) is 0 Å². The van der Waals surface area contributed by atoms with Gasteiger partial charge in [0.1, 0.15) is 11.9 Å². The molecule has 2 heterocycles. The topological polar surface area (TPSA) is 47.9 Å². The molecule has 2 aliphatic rings. The third-order valence-corrected chi connectivity index (χ3v) is 9.46. The maximum Gasteiger partial charge on any atom is 0.164 e. The molecular weight excluding hydrogens is 611 g/mol. The highest BCUT2D eigenvalue weighted by molar-refractivity contribution is 6.02. The van der Waals surface area contributed by atoms with Crippen LogP contribution < -0.4 is 4.74 Å². The maximum absolute atomic E-state index is 6.54. The van der Waals surface area contributed by atoms with Gasteiger partial charge in [-0.1, -0.05) is 140 Å². The Balaban J connectivity index is 1.12. The fraction of sp³-hybridized carbons (Fsp3) is 0.0652. The Kier molecular flexibility index (Phi) is 7.47. The average molecular weight is 644 g/mol. The van der Waals surface area contributed by atoms with Gasteiger partial charge in [0.2, 0.25) is 0 Å². The van der Waals surface area contributed by atoms with Gasteiger partial charge < -0.3 is 4.74 Å². The number of aromatic nitrogens is 3. The molecule has 0 saturated heterocycles. The van der Waals surface area contributed by atoms with E-state index >= 15 is 0 Å². The largest absolute Gasteiger partial charge is 0.485 e. The summed E-state index contributed by atoms with van der Waals surface area (Å²) in [5.41, 5.74) is 13.5. The second-order valence-electron chi connectivity index (χ2n) is 12.9. The van der Waals surface area contributed by atoms with E-state index in [2.05, 4.69) is 110 Å². The number of nitrogens with zero attached hydrogens (tertiary/aromatic N) is 3. The lowest BCUT2D eigenvalue weighted by Crippen LogP contribution is -2.14. The Hall–Kier alpha value is -6.39. The first-order chi connectivity index (χ1) is 24.7. The van der Waals surface area contributed by atoms with Gasteiger partial charge in [0.05, 0.1) is 0 Å². The van der Waals surface area contributed by atoms with E-state index in [0.717, 1.165) is 51.1 Å². The molecule has 0 bridgehead atoms. The minimum Gasteiger partial charge on any atom is -0.485 e. The van der Waals surface area contributed by atoms with E-state index in [1.54, 1.807) is 0 Å². The molecule has 0 spiro atoms. The van der Waals surface area contributed by atoms with Crippen LogP contribution in [0.3, 0.4) is 0 Å². The molecule has 1 unspecified atom stereocenters. The van der Waals surface area contributed by atoms with E-state index in [1.165, 1.54) is 27.8 Å². The van der Waals surface area contributed by atoms with Crippen LogP contribution in [0.1, 0.15) is 23.1 Å². The minimum absolute atomic E-state index is 0.000143. The molecule has 1 aliphatic carbocycles. The summed E-state index contributed by atoms with van der Waals surface area (Å²) in [6.07, 6.45) is 5.34. The Morgan fingerprint density at radius 3 is 1.64 bits per heavy atom. The molecule has 6 aromatic carbocycles. The van der Waals surface area contributed by atoms with Gasteiger partial charge in [-0.05, 0) is 70.1 Å². The number of hydrogen-bond acceptors (Lipinski definition) is 4. The lowest BCUT2D eigenvalue weighted by molar-refractivity contribution is 0.279. The molecule has 50 heavy (non-hydrogen) atoms. The quantitative estimate of drug-likeness (QED) is 0.181. The fourth-order valence-electron chi connectivity index (χ4n) is 7.03. The number of allylic oxidation sites excluding steroid dienone is 2. The van der Waals surface area contributed by atoms with Gasteiger partial charge in [0, 0.05) is 34.2 Å². The standard InChI is InChI=1S/C46H33N3O/c1-30-26-37(28-38(27-30)46-48-44(34-14-7-3-8-15-34)47-45(49-46)35-16-9-4-10-17-35)36-24-25-41-40(29-36)43-39(18-11-19-42(43)50-41)33-22-20-32(21-23-33)31-12-5-2-6-13-31/h2-18,20-29,42H,19H2,1H3. The molecule has 9 rings (SSSR count). The third-order valence-electron chi connectivity index (χ3n) is 9.46. The van der Waals surface area contributed by atoms with Crippen molar-refractivity contribution in [1.82, 2.24) is 15.0 Å². The maximum atomic E-state index is 6.54. The Labute approximate surface area is 292 Å². The molecule has 0 fully saturated rings. The van der Waals surface area contributed by atoms with Crippen LogP contribution in [0, 0.1) is 6.92 Å². The van der Waals surface area contributed by atoms with Gasteiger partial charge in [-0.15, -0.1) is 0 Å². The number of hydrogen-bond donors (Lipinski definition) is 0. The predicted molar refractivity (Wildman–Crippen MR) is 203 cm³/mol. The highest BCUT2D eigenvalue weighted by atomic mass is 16.5. The molecule has 0 radical (unpaired) electrons. The van der Waals surface area contributed by atoms with Crippen LogP contribution in [0.5, 0.6) is 5.75 Å². The molecule has 4 nitrogen and oxygen atoms in total. The normalized spacial score (nSPS) is 14.6. The molecule has 4 heteroatoms. The van der Waals surface area contributed by atoms with Crippen molar-refractivity contribution in [3.05, 3.63) is 181 Å². The zero-order chi connectivity index (χ0) is 33.4. The van der Waals surface area contributed by atoms with Crippen LogP contribution in [-0.2, 0) is 0 Å². The highest BCUT2D eigenvalue weighted by Gasteiger charge is 2.32. The van der Waals surface area contributed by atoms with Crippen LogP contribution in [0.2, 0.25) is 0 Å². The Morgan fingerprint density at radius 1 is 0.480 bits per heavy atom. The molecule has 0 amide bonds. The monoisotopic (exact) mass is 643 g/mol. The number of ether oxygens (including phenoxy) is 1. The fourth-order valence-corrected chi connectivity index (χ4v) is 7.03. The Morgan fingerprint density at radius 2 is 1.00 bits per heavy atom. The van der Waals surface area contributed by atoms with Crippen molar-refractivity contribution in [2.45, 2.75) is 19.4 Å². The van der Waals surface area contributed by atoms with E-state index in [1.807, 2.05) is 60.7 Å². The average Bonchev–Trinajstić information content (AvgIpc) is 3.57. The lowest BCUT2D eigenvalue weighted by atomic mass is 9.86. The zero-order valence-corrected chi connectivity index (χ0v) is 27.6. The second kappa shape index (κ2) is 12.6. The minimum atomic E-state index is 0.000143. The first kappa shape index (κ1) is 29.7. The van der Waals surface area contributed by atoms with Crippen molar-refractivity contribution >= 4 is 11.1 Å². The van der Waals surface area contributed by atoms with Crippen molar-refractivity contribution in [3.63, 3.8) is 0 Å². The van der Waals surface area contributed by atoms with Crippen molar-refractivity contribution in [3.8, 4) is 62.2 Å². The molecule has 0 N–H and O–H groups in total. The number of aryl methyl sites for hydroxylation is 1. The summed E-state index contributed by atoms with van der Waals surface area (Å²) >= 11 is 0. The van der Waals surface area contributed by atoms with Gasteiger partial charge in [0.15, 0.2) is 17.5 Å². The molecule has 1 aromatic heterocycles. The van der Waals surface area contributed by atoms with Crippen molar-refractivity contribution < 1.29 is 4.74 Å². The predicted octanol–water partition coefficient (Wildman–Crippen LogP) is 11.1. The van der Waals surface area contributed by atoms with Gasteiger partial charge in [0.25, 0.3) is 0 Å². The number of benzene rings is 6. The lowest BCUT2D eigenvalue weighted by Gasteiger charge is -2.19.